The first-order chi connectivity index (χ1) is 11.1. The summed E-state index contributed by atoms with van der Waals surface area (Å²) in [5.41, 5.74) is 4.08. The molecule has 1 aliphatic heterocycles. The summed E-state index contributed by atoms with van der Waals surface area (Å²) in [6.07, 6.45) is 10.1. The zero-order valence-electron chi connectivity index (χ0n) is 15.0. The summed E-state index contributed by atoms with van der Waals surface area (Å²) in [7, 11) is 0. The van der Waals surface area contributed by atoms with Gasteiger partial charge in [-0.3, -0.25) is 4.90 Å². The second-order valence-electron chi connectivity index (χ2n) is 6.50. The van der Waals surface area contributed by atoms with E-state index in [2.05, 4.69) is 92.3 Å². The summed E-state index contributed by atoms with van der Waals surface area (Å²) in [5.74, 6) is 0. The molecular weight excluding hydrogens is 280 g/mol. The van der Waals surface area contributed by atoms with E-state index in [4.69, 9.17) is 0 Å². The van der Waals surface area contributed by atoms with Crippen molar-refractivity contribution in [3.63, 3.8) is 0 Å². The first-order valence-electron chi connectivity index (χ1n) is 8.65. The quantitative estimate of drug-likeness (QED) is 0.685. The molecule has 0 bridgehead atoms. The molecule has 1 heterocycles. The third kappa shape index (κ3) is 5.40. The van der Waals surface area contributed by atoms with Crippen molar-refractivity contribution >= 4 is 0 Å². The highest BCUT2D eigenvalue weighted by molar-refractivity contribution is 5.21. The summed E-state index contributed by atoms with van der Waals surface area (Å²) in [6.45, 7) is 11.9. The van der Waals surface area contributed by atoms with E-state index in [1.54, 1.807) is 0 Å². The second-order valence-corrected chi connectivity index (χ2v) is 6.50. The molecule has 0 atom stereocenters. The molecule has 0 N–H and O–H groups in total. The van der Waals surface area contributed by atoms with Gasteiger partial charge in [-0.05, 0) is 39.3 Å². The molecule has 0 aromatic heterocycles. The number of rotatable bonds is 6. The van der Waals surface area contributed by atoms with E-state index in [0.29, 0.717) is 6.04 Å². The van der Waals surface area contributed by atoms with E-state index in [0.717, 1.165) is 26.1 Å². The second kappa shape index (κ2) is 8.73. The number of nitrogens with zero attached hydrogens (tertiary/aromatic N) is 2. The average molecular weight is 310 g/mol. The van der Waals surface area contributed by atoms with Crippen LogP contribution in [-0.4, -0.2) is 28.9 Å². The molecule has 23 heavy (non-hydrogen) atoms. The summed E-state index contributed by atoms with van der Waals surface area (Å²) < 4.78 is 0. The van der Waals surface area contributed by atoms with Crippen molar-refractivity contribution in [3.05, 3.63) is 71.6 Å². The standard InChI is InChI=1S/C21H30N2/c1-5-19(4)11-14-23(17-20-9-7-6-8-10-20)21-12-15-22(16-13-21)18(2)3/h5-12,14,18H,13,15-17H2,1-4H3/b14-11+,19-5+. The van der Waals surface area contributed by atoms with Crippen LogP contribution in [0.25, 0.3) is 0 Å². The van der Waals surface area contributed by atoms with E-state index in [9.17, 15) is 0 Å². The SMILES string of the molecule is C/C=C(C)/C=C/N(Cc1ccccc1)C1=CCN(C(C)C)CC1. The monoisotopic (exact) mass is 310 g/mol. The first kappa shape index (κ1) is 17.6. The van der Waals surface area contributed by atoms with Gasteiger partial charge in [0.05, 0.1) is 0 Å². The maximum atomic E-state index is 2.52. The Morgan fingerprint density at radius 1 is 1.26 bits per heavy atom. The molecule has 1 aliphatic rings. The van der Waals surface area contributed by atoms with Crippen molar-refractivity contribution in [2.24, 2.45) is 0 Å². The molecule has 0 radical (unpaired) electrons. The normalized spacial score (nSPS) is 16.9. The average Bonchev–Trinajstić information content (AvgIpc) is 2.59. The van der Waals surface area contributed by atoms with Gasteiger partial charge in [0.2, 0.25) is 0 Å². The molecule has 0 amide bonds. The Bertz CT molecular complexity index is 567. The highest BCUT2D eigenvalue weighted by Gasteiger charge is 2.17. The van der Waals surface area contributed by atoms with Crippen molar-refractivity contribution in [1.29, 1.82) is 0 Å². The highest BCUT2D eigenvalue weighted by Crippen LogP contribution is 2.20. The minimum Gasteiger partial charge on any atom is -0.347 e. The molecule has 0 saturated heterocycles. The van der Waals surface area contributed by atoms with Gasteiger partial charge in [-0.25, -0.2) is 0 Å². The molecule has 1 aromatic carbocycles. The molecule has 2 heteroatoms. The number of allylic oxidation sites excluding steroid dienone is 3. The zero-order valence-corrected chi connectivity index (χ0v) is 15.0. The molecule has 124 valence electrons. The van der Waals surface area contributed by atoms with Crippen molar-refractivity contribution < 1.29 is 0 Å². The predicted octanol–water partition coefficient (Wildman–Crippen LogP) is 4.97. The van der Waals surface area contributed by atoms with Crippen LogP contribution in [0.15, 0.2) is 66.0 Å². The Morgan fingerprint density at radius 2 is 2.00 bits per heavy atom. The zero-order chi connectivity index (χ0) is 16.7. The molecule has 0 aliphatic carbocycles. The Hall–Kier alpha value is -1.80. The lowest BCUT2D eigenvalue weighted by Gasteiger charge is -2.33. The van der Waals surface area contributed by atoms with Crippen LogP contribution in [0.5, 0.6) is 0 Å². The van der Waals surface area contributed by atoms with E-state index in [-0.39, 0.29) is 0 Å². The van der Waals surface area contributed by atoms with Crippen molar-refractivity contribution in [2.45, 2.75) is 46.7 Å². The maximum Gasteiger partial charge on any atom is 0.0472 e. The largest absolute Gasteiger partial charge is 0.347 e. The summed E-state index contributed by atoms with van der Waals surface area (Å²) in [6, 6.07) is 11.3. The molecule has 1 aromatic rings. The molecular formula is C21H30N2. The first-order valence-corrected chi connectivity index (χ1v) is 8.65. The van der Waals surface area contributed by atoms with Gasteiger partial charge in [0.25, 0.3) is 0 Å². The predicted molar refractivity (Wildman–Crippen MR) is 100.0 cm³/mol. The van der Waals surface area contributed by atoms with Gasteiger partial charge in [-0.2, -0.15) is 0 Å². The van der Waals surface area contributed by atoms with Crippen LogP contribution < -0.4 is 0 Å². The number of benzene rings is 1. The van der Waals surface area contributed by atoms with Crippen LogP contribution in [0, 0.1) is 0 Å². The summed E-state index contributed by atoms with van der Waals surface area (Å²) >= 11 is 0. The van der Waals surface area contributed by atoms with Gasteiger partial charge in [-0.15, -0.1) is 0 Å². The fourth-order valence-corrected chi connectivity index (χ4v) is 2.74. The number of hydrogen-bond donors (Lipinski definition) is 0. The number of hydrogen-bond acceptors (Lipinski definition) is 2. The van der Waals surface area contributed by atoms with Gasteiger partial charge in [0.1, 0.15) is 0 Å². The smallest absolute Gasteiger partial charge is 0.0472 e. The van der Waals surface area contributed by atoms with Gasteiger partial charge in [0.15, 0.2) is 0 Å². The van der Waals surface area contributed by atoms with Crippen LogP contribution in [-0.2, 0) is 6.54 Å². The third-order valence-electron chi connectivity index (χ3n) is 4.48. The lowest BCUT2D eigenvalue weighted by molar-refractivity contribution is 0.225. The fourth-order valence-electron chi connectivity index (χ4n) is 2.74. The molecule has 0 unspecified atom stereocenters. The summed E-state index contributed by atoms with van der Waals surface area (Å²) in [4.78, 5) is 4.92. The van der Waals surface area contributed by atoms with Gasteiger partial charge in [0, 0.05) is 44.0 Å². The lowest BCUT2D eigenvalue weighted by Crippen LogP contribution is -2.36. The van der Waals surface area contributed by atoms with E-state index in [1.165, 1.54) is 16.8 Å². The van der Waals surface area contributed by atoms with Crippen LogP contribution in [0.2, 0.25) is 0 Å². The Balaban J connectivity index is 2.15. The minimum atomic E-state index is 0.621. The van der Waals surface area contributed by atoms with Crippen LogP contribution >= 0.6 is 0 Å². The summed E-state index contributed by atoms with van der Waals surface area (Å²) in [5, 5.41) is 0. The van der Waals surface area contributed by atoms with E-state index in [1.807, 2.05) is 0 Å². The molecule has 0 fully saturated rings. The molecule has 0 saturated carbocycles. The van der Waals surface area contributed by atoms with Gasteiger partial charge >= 0.3 is 0 Å². The van der Waals surface area contributed by atoms with Crippen molar-refractivity contribution in [3.8, 4) is 0 Å². The molecule has 2 rings (SSSR count). The van der Waals surface area contributed by atoms with Gasteiger partial charge < -0.3 is 4.90 Å². The Labute approximate surface area is 141 Å². The fraction of sp³-hybridized carbons (Fsp3) is 0.429. The van der Waals surface area contributed by atoms with Gasteiger partial charge in [-0.1, -0.05) is 48.1 Å². The van der Waals surface area contributed by atoms with Crippen LogP contribution in [0.3, 0.4) is 0 Å². The van der Waals surface area contributed by atoms with Crippen molar-refractivity contribution in [1.82, 2.24) is 9.80 Å². The highest BCUT2D eigenvalue weighted by atomic mass is 15.2. The molecule has 2 nitrogen and oxygen atoms in total. The maximum absolute atomic E-state index is 2.52. The topological polar surface area (TPSA) is 6.48 Å². The Morgan fingerprint density at radius 3 is 2.57 bits per heavy atom. The Kier molecular flexibility index (Phi) is 6.66. The third-order valence-corrected chi connectivity index (χ3v) is 4.48. The molecule has 0 spiro atoms. The lowest BCUT2D eigenvalue weighted by atomic mass is 10.1. The van der Waals surface area contributed by atoms with E-state index >= 15 is 0 Å². The minimum absolute atomic E-state index is 0.621. The van der Waals surface area contributed by atoms with Crippen LogP contribution in [0.4, 0.5) is 0 Å². The van der Waals surface area contributed by atoms with E-state index < -0.39 is 0 Å². The van der Waals surface area contributed by atoms with Crippen molar-refractivity contribution in [2.75, 3.05) is 13.1 Å². The van der Waals surface area contributed by atoms with Crippen LogP contribution in [0.1, 0.15) is 39.7 Å².